The number of aliphatic hydroxyl groups is 1. The molecule has 0 aromatic carbocycles. The molecule has 0 radical (unpaired) electrons. The highest BCUT2D eigenvalue weighted by atomic mass is 127. The van der Waals surface area contributed by atoms with Gasteiger partial charge in [0.25, 0.3) is 6.43 Å². The molecule has 0 aliphatic heterocycles. The molecule has 0 aliphatic rings. The Morgan fingerprint density at radius 3 is 2.69 bits per heavy atom. The van der Waals surface area contributed by atoms with E-state index in [2.05, 4.69) is 4.98 Å². The number of halogens is 3. The number of rotatable bonds is 2. The Bertz CT molecular complexity index is 320. The fourth-order valence-electron chi connectivity index (χ4n) is 0.904. The number of nitrogens with two attached hydrogens (primary N) is 1. The van der Waals surface area contributed by atoms with Crippen molar-refractivity contribution in [1.29, 1.82) is 0 Å². The average molecular weight is 300 g/mol. The number of pyridine rings is 1. The summed E-state index contributed by atoms with van der Waals surface area (Å²) in [5.41, 5.74) is 5.28. The molecule has 0 unspecified atom stereocenters. The van der Waals surface area contributed by atoms with Crippen molar-refractivity contribution >= 4 is 28.4 Å². The fourth-order valence-corrected chi connectivity index (χ4v) is 1.52. The standard InChI is InChI=1S/C7H7F2IN2O/c8-6(9)3-1-12-7(11)5(10)4(3)2-13/h1,6,13H,2H2,(H2,11,12). The molecule has 6 heteroatoms. The Labute approximate surface area is 87.1 Å². The van der Waals surface area contributed by atoms with Gasteiger partial charge >= 0.3 is 0 Å². The summed E-state index contributed by atoms with van der Waals surface area (Å²) in [6.07, 6.45) is -1.64. The molecule has 1 aromatic heterocycles. The van der Waals surface area contributed by atoms with E-state index in [1.54, 1.807) is 22.6 Å². The third kappa shape index (κ3) is 2.05. The summed E-state index contributed by atoms with van der Waals surface area (Å²) < 4.78 is 25.0. The van der Waals surface area contributed by atoms with Crippen molar-refractivity contribution < 1.29 is 13.9 Å². The first-order valence-electron chi connectivity index (χ1n) is 3.39. The van der Waals surface area contributed by atoms with E-state index in [-0.39, 0.29) is 16.9 Å². The number of aliphatic hydroxyl groups excluding tert-OH is 1. The number of nitrogens with zero attached hydrogens (tertiary/aromatic N) is 1. The van der Waals surface area contributed by atoms with E-state index < -0.39 is 13.0 Å². The van der Waals surface area contributed by atoms with Crippen LogP contribution in [0.5, 0.6) is 0 Å². The largest absolute Gasteiger partial charge is 0.392 e. The fraction of sp³-hybridized carbons (Fsp3) is 0.286. The van der Waals surface area contributed by atoms with Crippen molar-refractivity contribution in [1.82, 2.24) is 4.98 Å². The van der Waals surface area contributed by atoms with Gasteiger partial charge in [-0.3, -0.25) is 0 Å². The zero-order valence-corrected chi connectivity index (χ0v) is 8.62. The Kier molecular flexibility index (Phi) is 3.37. The summed E-state index contributed by atoms with van der Waals surface area (Å²) in [6.45, 7) is -0.454. The van der Waals surface area contributed by atoms with Crippen LogP contribution in [0.15, 0.2) is 6.20 Å². The summed E-state index contributed by atoms with van der Waals surface area (Å²) >= 11 is 1.78. The van der Waals surface area contributed by atoms with E-state index >= 15 is 0 Å². The number of nitrogen functional groups attached to an aromatic ring is 1. The maximum atomic E-state index is 12.3. The van der Waals surface area contributed by atoms with Crippen LogP contribution in [0.1, 0.15) is 17.6 Å². The molecule has 1 heterocycles. The van der Waals surface area contributed by atoms with Crippen molar-refractivity contribution in [2.24, 2.45) is 0 Å². The van der Waals surface area contributed by atoms with Crippen LogP contribution in [0.2, 0.25) is 0 Å². The summed E-state index contributed by atoms with van der Waals surface area (Å²) in [4.78, 5) is 3.59. The third-order valence-electron chi connectivity index (χ3n) is 1.57. The first-order valence-corrected chi connectivity index (χ1v) is 4.47. The number of hydrogen-bond acceptors (Lipinski definition) is 3. The first-order chi connectivity index (χ1) is 6.07. The van der Waals surface area contributed by atoms with Crippen molar-refractivity contribution in [2.45, 2.75) is 13.0 Å². The average Bonchev–Trinajstić information content (AvgIpc) is 2.09. The van der Waals surface area contributed by atoms with Gasteiger partial charge in [0, 0.05) is 17.3 Å². The number of anilines is 1. The lowest BCUT2D eigenvalue weighted by atomic mass is 10.1. The maximum absolute atomic E-state index is 12.3. The first kappa shape index (κ1) is 10.6. The molecular weight excluding hydrogens is 293 g/mol. The highest BCUT2D eigenvalue weighted by molar-refractivity contribution is 14.1. The smallest absolute Gasteiger partial charge is 0.265 e. The van der Waals surface area contributed by atoms with Crippen LogP contribution in [0.4, 0.5) is 14.6 Å². The monoisotopic (exact) mass is 300 g/mol. The van der Waals surface area contributed by atoms with Crippen LogP contribution in [0.25, 0.3) is 0 Å². The summed E-state index contributed by atoms with van der Waals surface area (Å²) in [5, 5.41) is 8.85. The third-order valence-corrected chi connectivity index (χ3v) is 2.78. The molecule has 3 N–H and O–H groups in total. The second-order valence-electron chi connectivity index (χ2n) is 2.35. The normalized spacial score (nSPS) is 10.8. The van der Waals surface area contributed by atoms with E-state index in [4.69, 9.17) is 10.8 Å². The van der Waals surface area contributed by atoms with Crippen LogP contribution in [0, 0.1) is 3.57 Å². The van der Waals surface area contributed by atoms with Gasteiger partial charge in [-0.2, -0.15) is 0 Å². The molecule has 0 bridgehead atoms. The number of aromatic nitrogens is 1. The Morgan fingerprint density at radius 1 is 1.62 bits per heavy atom. The lowest BCUT2D eigenvalue weighted by Gasteiger charge is -2.09. The van der Waals surface area contributed by atoms with Gasteiger partial charge in [0.05, 0.1) is 10.2 Å². The molecule has 0 saturated heterocycles. The zero-order valence-electron chi connectivity index (χ0n) is 6.47. The predicted octanol–water partition coefficient (Wildman–Crippen LogP) is 1.70. The minimum absolute atomic E-state index is 0.156. The minimum atomic E-state index is -2.64. The van der Waals surface area contributed by atoms with E-state index in [1.807, 2.05) is 0 Å². The highest BCUT2D eigenvalue weighted by Crippen LogP contribution is 2.28. The molecule has 0 fully saturated rings. The summed E-state index contributed by atoms with van der Waals surface area (Å²) in [6, 6.07) is 0. The van der Waals surface area contributed by atoms with Gasteiger partial charge in [-0.1, -0.05) is 0 Å². The molecule has 1 aromatic rings. The van der Waals surface area contributed by atoms with Crippen LogP contribution in [-0.4, -0.2) is 10.1 Å². The second-order valence-corrected chi connectivity index (χ2v) is 3.43. The molecule has 3 nitrogen and oxygen atoms in total. The van der Waals surface area contributed by atoms with Gasteiger partial charge in [0.15, 0.2) is 0 Å². The molecule has 1 rings (SSSR count). The van der Waals surface area contributed by atoms with E-state index in [0.29, 0.717) is 3.57 Å². The molecule has 72 valence electrons. The molecule has 0 spiro atoms. The zero-order chi connectivity index (χ0) is 10.0. The van der Waals surface area contributed by atoms with Gasteiger partial charge in [-0.25, -0.2) is 13.8 Å². The van der Waals surface area contributed by atoms with E-state index in [0.717, 1.165) is 6.20 Å². The van der Waals surface area contributed by atoms with Crippen LogP contribution in [-0.2, 0) is 6.61 Å². The number of hydrogen-bond donors (Lipinski definition) is 2. The van der Waals surface area contributed by atoms with Gasteiger partial charge in [-0.15, -0.1) is 0 Å². The van der Waals surface area contributed by atoms with Gasteiger partial charge < -0.3 is 10.8 Å². The van der Waals surface area contributed by atoms with Gasteiger partial charge in [0.1, 0.15) is 5.82 Å². The van der Waals surface area contributed by atoms with Crippen molar-refractivity contribution in [2.75, 3.05) is 5.73 Å². The Hall–Kier alpha value is -0.500. The van der Waals surface area contributed by atoms with Crippen LogP contribution >= 0.6 is 22.6 Å². The van der Waals surface area contributed by atoms with E-state index in [1.165, 1.54) is 0 Å². The Morgan fingerprint density at radius 2 is 2.23 bits per heavy atom. The molecule has 0 aliphatic carbocycles. The molecule has 0 saturated carbocycles. The summed E-state index contributed by atoms with van der Waals surface area (Å²) in [5.74, 6) is 0.161. The van der Waals surface area contributed by atoms with Crippen molar-refractivity contribution in [3.8, 4) is 0 Å². The Balaban J connectivity index is 3.30. The maximum Gasteiger partial charge on any atom is 0.265 e. The van der Waals surface area contributed by atoms with Gasteiger partial charge in [0.2, 0.25) is 0 Å². The van der Waals surface area contributed by atoms with Crippen LogP contribution < -0.4 is 5.73 Å². The quantitative estimate of drug-likeness (QED) is 0.817. The molecular formula is C7H7F2IN2O. The lowest BCUT2D eigenvalue weighted by Crippen LogP contribution is -2.04. The molecule has 13 heavy (non-hydrogen) atoms. The molecule has 0 atom stereocenters. The minimum Gasteiger partial charge on any atom is -0.392 e. The van der Waals surface area contributed by atoms with E-state index in [9.17, 15) is 8.78 Å². The summed E-state index contributed by atoms with van der Waals surface area (Å²) in [7, 11) is 0. The van der Waals surface area contributed by atoms with Crippen LogP contribution in [0.3, 0.4) is 0 Å². The second kappa shape index (κ2) is 4.14. The van der Waals surface area contributed by atoms with Crippen molar-refractivity contribution in [3.63, 3.8) is 0 Å². The lowest BCUT2D eigenvalue weighted by molar-refractivity contribution is 0.146. The predicted molar refractivity (Wildman–Crippen MR) is 52.2 cm³/mol. The topological polar surface area (TPSA) is 59.1 Å². The highest BCUT2D eigenvalue weighted by Gasteiger charge is 2.17. The number of alkyl halides is 2. The van der Waals surface area contributed by atoms with Crippen molar-refractivity contribution in [3.05, 3.63) is 20.9 Å². The van der Waals surface area contributed by atoms with Gasteiger partial charge in [-0.05, 0) is 22.6 Å². The molecule has 0 amide bonds. The SMILES string of the molecule is Nc1ncc(C(F)F)c(CO)c1I.